The maximum atomic E-state index is 14.0. The van der Waals surface area contributed by atoms with E-state index in [0.717, 1.165) is 12.8 Å². The SMILES string of the molecule is COc1cccc(CC2CCCC2C(=O)O)c1F. The van der Waals surface area contributed by atoms with Gasteiger partial charge in [0.05, 0.1) is 13.0 Å². The number of aliphatic carboxylic acids is 1. The molecule has 2 unspecified atom stereocenters. The second-order valence-corrected chi connectivity index (χ2v) is 4.77. The molecule has 0 amide bonds. The van der Waals surface area contributed by atoms with Crippen molar-refractivity contribution in [2.24, 2.45) is 11.8 Å². The molecule has 1 fully saturated rings. The Morgan fingerprint density at radius 1 is 1.50 bits per heavy atom. The number of carboxylic acid groups (broad SMARTS) is 1. The number of carbonyl (C=O) groups is 1. The fourth-order valence-corrected chi connectivity index (χ4v) is 2.76. The summed E-state index contributed by atoms with van der Waals surface area (Å²) in [5.74, 6) is -1.21. The maximum Gasteiger partial charge on any atom is 0.306 e. The zero-order valence-electron chi connectivity index (χ0n) is 10.4. The predicted molar refractivity (Wildman–Crippen MR) is 65.1 cm³/mol. The van der Waals surface area contributed by atoms with E-state index < -0.39 is 5.97 Å². The van der Waals surface area contributed by atoms with E-state index in [9.17, 15) is 9.18 Å². The molecule has 0 heterocycles. The van der Waals surface area contributed by atoms with Crippen molar-refractivity contribution in [3.63, 3.8) is 0 Å². The molecule has 1 N–H and O–H groups in total. The first-order valence-corrected chi connectivity index (χ1v) is 6.17. The molecule has 1 aliphatic carbocycles. The molecule has 2 rings (SSSR count). The van der Waals surface area contributed by atoms with Crippen molar-refractivity contribution < 1.29 is 19.0 Å². The predicted octanol–water partition coefficient (Wildman–Crippen LogP) is 2.88. The minimum atomic E-state index is -0.763. The van der Waals surface area contributed by atoms with Crippen molar-refractivity contribution >= 4 is 5.97 Å². The molecule has 1 aliphatic rings. The summed E-state index contributed by atoms with van der Waals surface area (Å²) in [6.45, 7) is 0. The molecule has 98 valence electrons. The summed E-state index contributed by atoms with van der Waals surface area (Å²) in [5, 5.41) is 9.11. The van der Waals surface area contributed by atoms with Gasteiger partial charge >= 0.3 is 5.97 Å². The summed E-state index contributed by atoms with van der Waals surface area (Å²) in [5.41, 5.74) is 0.549. The Balaban J connectivity index is 2.16. The quantitative estimate of drug-likeness (QED) is 0.896. The van der Waals surface area contributed by atoms with Crippen molar-refractivity contribution in [3.05, 3.63) is 29.6 Å². The van der Waals surface area contributed by atoms with Crippen LogP contribution in [-0.4, -0.2) is 18.2 Å². The molecule has 0 bridgehead atoms. The molecule has 1 aromatic carbocycles. The lowest BCUT2D eigenvalue weighted by molar-refractivity contribution is -0.142. The molecule has 3 nitrogen and oxygen atoms in total. The van der Waals surface area contributed by atoms with Gasteiger partial charge in [-0.15, -0.1) is 0 Å². The van der Waals surface area contributed by atoms with Gasteiger partial charge in [-0.1, -0.05) is 18.6 Å². The van der Waals surface area contributed by atoms with Crippen LogP contribution in [0.4, 0.5) is 4.39 Å². The minimum absolute atomic E-state index is 0.0316. The average Bonchev–Trinajstić information content (AvgIpc) is 2.80. The fourth-order valence-electron chi connectivity index (χ4n) is 2.76. The Hall–Kier alpha value is -1.58. The summed E-state index contributed by atoms with van der Waals surface area (Å²) in [6.07, 6.45) is 2.94. The van der Waals surface area contributed by atoms with Crippen molar-refractivity contribution in [2.75, 3.05) is 7.11 Å². The molecule has 0 aliphatic heterocycles. The van der Waals surface area contributed by atoms with E-state index in [2.05, 4.69) is 0 Å². The largest absolute Gasteiger partial charge is 0.494 e. The molecular weight excluding hydrogens is 235 g/mol. The number of ether oxygens (including phenoxy) is 1. The summed E-state index contributed by atoms with van der Waals surface area (Å²) in [6, 6.07) is 5.01. The first kappa shape index (κ1) is 12.9. The lowest BCUT2D eigenvalue weighted by Gasteiger charge is -2.16. The standard InChI is InChI=1S/C14H17FO3/c1-18-12-7-3-5-10(13(12)15)8-9-4-2-6-11(9)14(16)17/h3,5,7,9,11H,2,4,6,8H2,1H3,(H,16,17). The van der Waals surface area contributed by atoms with E-state index >= 15 is 0 Å². The molecular formula is C14H17FO3. The molecule has 2 atom stereocenters. The van der Waals surface area contributed by atoms with E-state index in [-0.39, 0.29) is 23.4 Å². The molecule has 0 aromatic heterocycles. The Morgan fingerprint density at radius 2 is 2.28 bits per heavy atom. The van der Waals surface area contributed by atoms with Gasteiger partial charge in [0, 0.05) is 0 Å². The molecule has 0 saturated heterocycles. The average molecular weight is 252 g/mol. The summed E-state index contributed by atoms with van der Waals surface area (Å²) in [7, 11) is 1.43. The summed E-state index contributed by atoms with van der Waals surface area (Å²) in [4.78, 5) is 11.1. The maximum absolute atomic E-state index is 14.0. The van der Waals surface area contributed by atoms with E-state index in [1.165, 1.54) is 7.11 Å². The monoisotopic (exact) mass is 252 g/mol. The van der Waals surface area contributed by atoms with Crippen molar-refractivity contribution in [1.82, 2.24) is 0 Å². The Morgan fingerprint density at radius 3 is 2.94 bits per heavy atom. The van der Waals surface area contributed by atoms with Crippen LogP contribution >= 0.6 is 0 Å². The first-order chi connectivity index (χ1) is 8.63. The lowest BCUT2D eigenvalue weighted by Crippen LogP contribution is -2.20. The molecule has 4 heteroatoms. The molecule has 0 radical (unpaired) electrons. The number of rotatable bonds is 4. The number of carboxylic acids is 1. The fraction of sp³-hybridized carbons (Fsp3) is 0.500. The Labute approximate surface area is 106 Å². The second kappa shape index (κ2) is 5.38. The summed E-state index contributed by atoms with van der Waals surface area (Å²) < 4.78 is 18.9. The number of methoxy groups -OCH3 is 1. The molecule has 1 saturated carbocycles. The normalized spacial score (nSPS) is 23.0. The number of benzene rings is 1. The topological polar surface area (TPSA) is 46.5 Å². The van der Waals surface area contributed by atoms with Gasteiger partial charge in [-0.3, -0.25) is 4.79 Å². The third-order valence-corrected chi connectivity index (χ3v) is 3.72. The zero-order chi connectivity index (χ0) is 13.1. The number of hydrogen-bond acceptors (Lipinski definition) is 2. The third-order valence-electron chi connectivity index (χ3n) is 3.72. The van der Waals surface area contributed by atoms with E-state index in [4.69, 9.17) is 9.84 Å². The third kappa shape index (κ3) is 2.47. The van der Waals surface area contributed by atoms with Gasteiger partial charge in [-0.2, -0.15) is 0 Å². The van der Waals surface area contributed by atoms with Gasteiger partial charge in [-0.25, -0.2) is 4.39 Å². The molecule has 1 aromatic rings. The van der Waals surface area contributed by atoms with Gasteiger partial charge in [0.1, 0.15) is 0 Å². The first-order valence-electron chi connectivity index (χ1n) is 6.17. The lowest BCUT2D eigenvalue weighted by atomic mass is 9.89. The minimum Gasteiger partial charge on any atom is -0.494 e. The molecule has 0 spiro atoms. The number of hydrogen-bond donors (Lipinski definition) is 1. The smallest absolute Gasteiger partial charge is 0.306 e. The van der Waals surface area contributed by atoms with Crippen LogP contribution in [0.3, 0.4) is 0 Å². The highest BCUT2D eigenvalue weighted by Crippen LogP contribution is 2.35. The van der Waals surface area contributed by atoms with Crippen LogP contribution < -0.4 is 4.74 Å². The van der Waals surface area contributed by atoms with Crippen LogP contribution in [0.15, 0.2) is 18.2 Å². The van der Waals surface area contributed by atoms with E-state index in [0.29, 0.717) is 18.4 Å². The van der Waals surface area contributed by atoms with Crippen LogP contribution in [0.1, 0.15) is 24.8 Å². The Bertz CT molecular complexity index is 445. The van der Waals surface area contributed by atoms with Crippen LogP contribution in [0.25, 0.3) is 0 Å². The van der Waals surface area contributed by atoms with Crippen molar-refractivity contribution in [1.29, 1.82) is 0 Å². The van der Waals surface area contributed by atoms with Crippen LogP contribution in [0.2, 0.25) is 0 Å². The van der Waals surface area contributed by atoms with E-state index in [1.807, 2.05) is 0 Å². The zero-order valence-corrected chi connectivity index (χ0v) is 10.4. The van der Waals surface area contributed by atoms with Crippen molar-refractivity contribution in [3.8, 4) is 5.75 Å². The number of halogens is 1. The van der Waals surface area contributed by atoms with Crippen molar-refractivity contribution in [2.45, 2.75) is 25.7 Å². The van der Waals surface area contributed by atoms with Gasteiger partial charge in [0.25, 0.3) is 0 Å². The van der Waals surface area contributed by atoms with Gasteiger partial charge in [0.15, 0.2) is 11.6 Å². The highest BCUT2D eigenvalue weighted by molar-refractivity contribution is 5.70. The van der Waals surface area contributed by atoms with Gasteiger partial charge in [0.2, 0.25) is 0 Å². The van der Waals surface area contributed by atoms with Crippen LogP contribution in [0, 0.1) is 17.7 Å². The van der Waals surface area contributed by atoms with Gasteiger partial charge < -0.3 is 9.84 Å². The highest BCUT2D eigenvalue weighted by atomic mass is 19.1. The van der Waals surface area contributed by atoms with Crippen LogP contribution in [0.5, 0.6) is 5.75 Å². The Kier molecular flexibility index (Phi) is 3.84. The van der Waals surface area contributed by atoms with Gasteiger partial charge in [-0.05, 0) is 36.8 Å². The molecule has 18 heavy (non-hydrogen) atoms. The highest BCUT2D eigenvalue weighted by Gasteiger charge is 2.33. The second-order valence-electron chi connectivity index (χ2n) is 4.77. The van der Waals surface area contributed by atoms with Crippen LogP contribution in [-0.2, 0) is 11.2 Å². The summed E-state index contributed by atoms with van der Waals surface area (Å²) >= 11 is 0. The van der Waals surface area contributed by atoms with E-state index in [1.54, 1.807) is 18.2 Å².